The standard InChI is InChI=1S/C18H31N3O.HI/c1-3-5-13-20-18(19-4-2)21-14-9-10-15-22-16-17-11-7-6-8-12-17;/h6-8,11-12H,3-5,9-10,13-16H2,1-2H3,(H2,19,20,21);1H. The Morgan fingerprint density at radius 1 is 1.04 bits per heavy atom. The van der Waals surface area contributed by atoms with E-state index in [2.05, 4.69) is 41.6 Å². The number of ether oxygens (including phenoxy) is 1. The molecule has 132 valence electrons. The Labute approximate surface area is 158 Å². The maximum absolute atomic E-state index is 5.67. The van der Waals surface area contributed by atoms with Crippen LogP contribution < -0.4 is 10.6 Å². The molecule has 23 heavy (non-hydrogen) atoms. The summed E-state index contributed by atoms with van der Waals surface area (Å²) in [6.07, 6.45) is 4.48. The first-order valence-corrected chi connectivity index (χ1v) is 8.50. The van der Waals surface area contributed by atoms with Crippen molar-refractivity contribution >= 4 is 29.9 Å². The zero-order valence-electron chi connectivity index (χ0n) is 14.5. The highest BCUT2D eigenvalue weighted by Crippen LogP contribution is 2.01. The highest BCUT2D eigenvalue weighted by Gasteiger charge is 1.96. The van der Waals surface area contributed by atoms with Crippen LogP contribution in [0, 0.1) is 0 Å². The van der Waals surface area contributed by atoms with Gasteiger partial charge < -0.3 is 15.4 Å². The van der Waals surface area contributed by atoms with Crippen molar-refractivity contribution in [2.75, 3.05) is 26.2 Å². The van der Waals surface area contributed by atoms with Crippen molar-refractivity contribution < 1.29 is 4.74 Å². The molecule has 1 aromatic rings. The van der Waals surface area contributed by atoms with Crippen LogP contribution in [0.4, 0.5) is 0 Å². The quantitative estimate of drug-likeness (QED) is 0.240. The summed E-state index contributed by atoms with van der Waals surface area (Å²) in [5.74, 6) is 0.932. The van der Waals surface area contributed by atoms with E-state index in [1.165, 1.54) is 18.4 Å². The van der Waals surface area contributed by atoms with E-state index in [-0.39, 0.29) is 24.0 Å². The van der Waals surface area contributed by atoms with Gasteiger partial charge in [-0.1, -0.05) is 43.7 Å². The fourth-order valence-corrected chi connectivity index (χ4v) is 2.00. The van der Waals surface area contributed by atoms with Crippen molar-refractivity contribution in [3.8, 4) is 0 Å². The Kier molecular flexibility index (Phi) is 15.5. The summed E-state index contributed by atoms with van der Waals surface area (Å²) in [5, 5.41) is 6.63. The van der Waals surface area contributed by atoms with Gasteiger partial charge in [-0.2, -0.15) is 0 Å². The zero-order valence-corrected chi connectivity index (χ0v) is 16.8. The molecule has 4 nitrogen and oxygen atoms in total. The number of guanidine groups is 1. The largest absolute Gasteiger partial charge is 0.377 e. The molecule has 0 saturated heterocycles. The summed E-state index contributed by atoms with van der Waals surface area (Å²) >= 11 is 0. The highest BCUT2D eigenvalue weighted by molar-refractivity contribution is 14.0. The molecule has 0 fully saturated rings. The fraction of sp³-hybridized carbons (Fsp3) is 0.611. The van der Waals surface area contributed by atoms with Crippen molar-refractivity contribution in [2.24, 2.45) is 4.99 Å². The summed E-state index contributed by atoms with van der Waals surface area (Å²) in [7, 11) is 0. The molecule has 0 unspecified atom stereocenters. The lowest BCUT2D eigenvalue weighted by molar-refractivity contribution is 0.117. The number of nitrogens with one attached hydrogen (secondary N) is 2. The Morgan fingerprint density at radius 3 is 2.52 bits per heavy atom. The van der Waals surface area contributed by atoms with Gasteiger partial charge in [0.15, 0.2) is 5.96 Å². The van der Waals surface area contributed by atoms with Gasteiger partial charge >= 0.3 is 0 Å². The summed E-state index contributed by atoms with van der Waals surface area (Å²) in [6.45, 7) is 8.52. The molecule has 0 aliphatic carbocycles. The number of nitrogens with zero attached hydrogens (tertiary/aromatic N) is 1. The van der Waals surface area contributed by atoms with Crippen molar-refractivity contribution in [3.05, 3.63) is 35.9 Å². The van der Waals surface area contributed by atoms with Crippen LogP contribution in [0.25, 0.3) is 0 Å². The molecular weight excluding hydrogens is 401 g/mol. The topological polar surface area (TPSA) is 45.7 Å². The predicted molar refractivity (Wildman–Crippen MR) is 110 cm³/mol. The lowest BCUT2D eigenvalue weighted by atomic mass is 10.2. The number of rotatable bonds is 11. The molecule has 0 aliphatic rings. The second-order valence-electron chi connectivity index (χ2n) is 5.29. The van der Waals surface area contributed by atoms with Crippen molar-refractivity contribution in [2.45, 2.75) is 46.1 Å². The van der Waals surface area contributed by atoms with Gasteiger partial charge in [-0.3, -0.25) is 4.99 Å². The smallest absolute Gasteiger partial charge is 0.191 e. The third kappa shape index (κ3) is 12.3. The molecule has 0 saturated carbocycles. The highest BCUT2D eigenvalue weighted by atomic mass is 127. The van der Waals surface area contributed by atoms with Crippen LogP contribution in [0.2, 0.25) is 0 Å². The molecule has 0 aromatic heterocycles. The van der Waals surface area contributed by atoms with E-state index >= 15 is 0 Å². The van der Waals surface area contributed by atoms with Crippen molar-refractivity contribution in [1.82, 2.24) is 10.6 Å². The molecule has 0 atom stereocenters. The van der Waals surface area contributed by atoms with Crippen LogP contribution in [0.5, 0.6) is 0 Å². The third-order valence-electron chi connectivity index (χ3n) is 3.25. The Bertz CT molecular complexity index is 399. The Morgan fingerprint density at radius 2 is 1.83 bits per heavy atom. The van der Waals surface area contributed by atoms with E-state index in [0.717, 1.165) is 45.0 Å². The van der Waals surface area contributed by atoms with Gasteiger partial charge in [0.25, 0.3) is 0 Å². The molecule has 5 heteroatoms. The number of aliphatic imine (C=N–C) groups is 1. The number of benzene rings is 1. The Balaban J connectivity index is 0.00000484. The van der Waals surface area contributed by atoms with Crippen LogP contribution >= 0.6 is 24.0 Å². The van der Waals surface area contributed by atoms with Crippen LogP contribution in [-0.4, -0.2) is 32.2 Å². The molecule has 0 amide bonds. The van der Waals surface area contributed by atoms with Crippen LogP contribution in [0.3, 0.4) is 0 Å². The van der Waals surface area contributed by atoms with Crippen molar-refractivity contribution in [3.63, 3.8) is 0 Å². The van der Waals surface area contributed by atoms with E-state index < -0.39 is 0 Å². The van der Waals surface area contributed by atoms with Crippen LogP contribution in [-0.2, 0) is 11.3 Å². The first-order valence-electron chi connectivity index (χ1n) is 8.50. The minimum absolute atomic E-state index is 0. The molecule has 1 rings (SSSR count). The maximum Gasteiger partial charge on any atom is 0.191 e. The lowest BCUT2D eigenvalue weighted by Crippen LogP contribution is -2.37. The number of hydrogen-bond acceptors (Lipinski definition) is 2. The minimum Gasteiger partial charge on any atom is -0.377 e. The lowest BCUT2D eigenvalue weighted by Gasteiger charge is -2.10. The van der Waals surface area contributed by atoms with Crippen LogP contribution in [0.1, 0.15) is 45.1 Å². The average molecular weight is 433 g/mol. The van der Waals surface area contributed by atoms with E-state index in [9.17, 15) is 0 Å². The van der Waals surface area contributed by atoms with Gasteiger partial charge in [0.2, 0.25) is 0 Å². The SMILES string of the molecule is CCCCNC(=NCCCCOCc1ccccc1)NCC.I. The summed E-state index contributed by atoms with van der Waals surface area (Å²) in [6, 6.07) is 10.3. The number of hydrogen-bond donors (Lipinski definition) is 2. The van der Waals surface area contributed by atoms with Crippen LogP contribution in [0.15, 0.2) is 35.3 Å². The molecule has 0 aliphatic heterocycles. The predicted octanol–water partition coefficient (Wildman–Crippen LogP) is 3.96. The van der Waals surface area contributed by atoms with Gasteiger partial charge in [0.05, 0.1) is 6.61 Å². The molecule has 0 heterocycles. The van der Waals surface area contributed by atoms with Gasteiger partial charge in [0.1, 0.15) is 0 Å². The second-order valence-corrected chi connectivity index (χ2v) is 5.29. The molecule has 0 spiro atoms. The number of halogens is 1. The second kappa shape index (κ2) is 16.1. The minimum atomic E-state index is 0. The van der Waals surface area contributed by atoms with E-state index in [4.69, 9.17) is 4.74 Å². The Hall–Kier alpha value is -0.820. The summed E-state index contributed by atoms with van der Waals surface area (Å²) in [5.41, 5.74) is 1.23. The van der Waals surface area contributed by atoms with E-state index in [1.807, 2.05) is 18.2 Å². The molecule has 0 bridgehead atoms. The van der Waals surface area contributed by atoms with Gasteiger partial charge in [-0.05, 0) is 31.7 Å². The van der Waals surface area contributed by atoms with E-state index in [0.29, 0.717) is 6.61 Å². The van der Waals surface area contributed by atoms with Gasteiger partial charge in [0, 0.05) is 26.2 Å². The van der Waals surface area contributed by atoms with E-state index in [1.54, 1.807) is 0 Å². The first kappa shape index (κ1) is 22.2. The van der Waals surface area contributed by atoms with Gasteiger partial charge in [-0.25, -0.2) is 0 Å². The molecule has 0 radical (unpaired) electrons. The average Bonchev–Trinajstić information content (AvgIpc) is 2.55. The summed E-state index contributed by atoms with van der Waals surface area (Å²) < 4.78 is 5.67. The molecule has 2 N–H and O–H groups in total. The number of unbranched alkanes of at least 4 members (excludes halogenated alkanes) is 2. The monoisotopic (exact) mass is 433 g/mol. The van der Waals surface area contributed by atoms with Gasteiger partial charge in [-0.15, -0.1) is 24.0 Å². The maximum atomic E-state index is 5.67. The fourth-order valence-electron chi connectivity index (χ4n) is 2.00. The first-order chi connectivity index (χ1) is 10.9. The third-order valence-corrected chi connectivity index (χ3v) is 3.25. The molecule has 1 aromatic carbocycles. The van der Waals surface area contributed by atoms with Crippen molar-refractivity contribution in [1.29, 1.82) is 0 Å². The molecular formula is C18H32IN3O. The normalized spacial score (nSPS) is 11.0. The zero-order chi connectivity index (χ0) is 15.9. The summed E-state index contributed by atoms with van der Waals surface area (Å²) in [4.78, 5) is 4.58.